The second kappa shape index (κ2) is 3.86. The number of nitrogens with zero attached hydrogens (tertiary/aromatic N) is 2. The van der Waals surface area contributed by atoms with E-state index >= 15 is 0 Å². The Morgan fingerprint density at radius 3 is 2.80 bits per heavy atom. The molecule has 0 spiro atoms. The first-order valence-corrected chi connectivity index (χ1v) is 4.56. The molecule has 1 aromatic carbocycles. The summed E-state index contributed by atoms with van der Waals surface area (Å²) in [6.07, 6.45) is 0.167. The van der Waals surface area contributed by atoms with Gasteiger partial charge in [0.2, 0.25) is 0 Å². The Morgan fingerprint density at radius 2 is 2.20 bits per heavy atom. The van der Waals surface area contributed by atoms with Gasteiger partial charge in [0.25, 0.3) is 0 Å². The largest absolute Gasteiger partial charge is 0.379 e. The number of hydrogen-bond donors (Lipinski definition) is 1. The van der Waals surface area contributed by atoms with Crippen LogP contribution in [0.4, 0.5) is 10.2 Å². The van der Waals surface area contributed by atoms with E-state index < -0.39 is 5.82 Å². The Labute approximate surface area is 89.8 Å². The van der Waals surface area contributed by atoms with E-state index in [1.54, 1.807) is 6.07 Å². The quantitative estimate of drug-likeness (QED) is 0.853. The molecule has 2 N–H and O–H groups in total. The minimum Gasteiger partial charge on any atom is -0.379 e. The number of halogens is 2. The third-order valence-corrected chi connectivity index (χ3v) is 2.35. The lowest BCUT2D eigenvalue weighted by molar-refractivity contribution is 0.305. The predicted molar refractivity (Wildman–Crippen MR) is 52.9 cm³/mol. The van der Waals surface area contributed by atoms with Crippen molar-refractivity contribution in [1.82, 2.24) is 10.3 Å². The van der Waals surface area contributed by atoms with Gasteiger partial charge in [-0.1, -0.05) is 22.8 Å². The van der Waals surface area contributed by atoms with Crippen LogP contribution in [0.2, 0.25) is 5.02 Å². The number of benzene rings is 1. The highest BCUT2D eigenvalue weighted by atomic mass is 35.5. The Kier molecular flexibility index (Phi) is 2.55. The summed E-state index contributed by atoms with van der Waals surface area (Å²) in [5.74, 6) is -0.251. The van der Waals surface area contributed by atoms with E-state index in [1.165, 1.54) is 12.1 Å². The maximum Gasteiger partial charge on any atom is 0.191 e. The summed E-state index contributed by atoms with van der Waals surface area (Å²) in [6.45, 7) is 0. The zero-order chi connectivity index (χ0) is 10.8. The lowest BCUT2D eigenvalue weighted by Gasteiger charge is -2.02. The first-order chi connectivity index (χ1) is 7.18. The molecule has 6 heteroatoms. The Morgan fingerprint density at radius 1 is 1.40 bits per heavy atom. The first-order valence-electron chi connectivity index (χ1n) is 4.18. The molecule has 2 rings (SSSR count). The molecule has 78 valence electrons. The predicted octanol–water partition coefficient (Wildman–Crippen LogP) is 2.04. The summed E-state index contributed by atoms with van der Waals surface area (Å²) < 4.78 is 17.8. The van der Waals surface area contributed by atoms with E-state index in [0.717, 1.165) is 0 Å². The van der Waals surface area contributed by atoms with Gasteiger partial charge in [-0.25, -0.2) is 9.02 Å². The van der Waals surface area contributed by atoms with Gasteiger partial charge >= 0.3 is 0 Å². The fourth-order valence-electron chi connectivity index (χ4n) is 1.20. The van der Waals surface area contributed by atoms with Crippen LogP contribution in [-0.4, -0.2) is 10.3 Å². The number of rotatable bonds is 2. The van der Waals surface area contributed by atoms with Gasteiger partial charge in [0.1, 0.15) is 11.5 Å². The minimum absolute atomic E-state index is 0.148. The van der Waals surface area contributed by atoms with Crippen LogP contribution in [-0.2, 0) is 6.42 Å². The van der Waals surface area contributed by atoms with Crippen LogP contribution in [0.15, 0.2) is 22.8 Å². The van der Waals surface area contributed by atoms with Crippen LogP contribution in [0, 0.1) is 5.82 Å². The van der Waals surface area contributed by atoms with Crippen LogP contribution >= 0.6 is 11.6 Å². The average Bonchev–Trinajstić information content (AvgIpc) is 2.58. The molecule has 2 aromatic rings. The van der Waals surface area contributed by atoms with E-state index in [2.05, 4.69) is 14.9 Å². The van der Waals surface area contributed by atoms with E-state index in [4.69, 9.17) is 17.3 Å². The standard InChI is InChI=1S/C9H7ClFN3O/c10-6-2-1-3-7(11)5(6)4-8-9(12)14-15-13-8/h1-3H,4H2,(H2,12,14). The van der Waals surface area contributed by atoms with Gasteiger partial charge in [-0.2, -0.15) is 0 Å². The van der Waals surface area contributed by atoms with Crippen molar-refractivity contribution in [1.29, 1.82) is 0 Å². The molecule has 4 nitrogen and oxygen atoms in total. The second-order valence-corrected chi connectivity index (χ2v) is 3.38. The Hall–Kier alpha value is -1.62. The van der Waals surface area contributed by atoms with E-state index in [1.807, 2.05) is 0 Å². The van der Waals surface area contributed by atoms with Crippen molar-refractivity contribution in [2.24, 2.45) is 0 Å². The van der Waals surface area contributed by atoms with Crippen molar-refractivity contribution in [2.75, 3.05) is 5.73 Å². The fraction of sp³-hybridized carbons (Fsp3) is 0.111. The van der Waals surface area contributed by atoms with Gasteiger partial charge < -0.3 is 5.73 Å². The maximum atomic E-state index is 13.4. The molecular formula is C9H7ClFN3O. The van der Waals surface area contributed by atoms with Gasteiger partial charge in [0.15, 0.2) is 5.82 Å². The van der Waals surface area contributed by atoms with Gasteiger partial charge in [-0.15, -0.1) is 0 Å². The minimum atomic E-state index is -0.398. The van der Waals surface area contributed by atoms with Crippen LogP contribution in [0.3, 0.4) is 0 Å². The summed E-state index contributed by atoms with van der Waals surface area (Å²) in [7, 11) is 0. The molecule has 0 bridgehead atoms. The van der Waals surface area contributed by atoms with E-state index in [9.17, 15) is 4.39 Å². The van der Waals surface area contributed by atoms with Crippen LogP contribution in [0.5, 0.6) is 0 Å². The molecule has 0 atom stereocenters. The lowest BCUT2D eigenvalue weighted by Crippen LogP contribution is -1.98. The molecule has 0 radical (unpaired) electrons. The topological polar surface area (TPSA) is 64.9 Å². The van der Waals surface area contributed by atoms with Crippen molar-refractivity contribution in [2.45, 2.75) is 6.42 Å². The number of hydrogen-bond acceptors (Lipinski definition) is 4. The van der Waals surface area contributed by atoms with Crippen LogP contribution < -0.4 is 5.73 Å². The highest BCUT2D eigenvalue weighted by Gasteiger charge is 2.13. The molecule has 0 aliphatic carbocycles. The highest BCUT2D eigenvalue weighted by Crippen LogP contribution is 2.22. The number of nitrogens with two attached hydrogens (primary N) is 1. The first kappa shape index (κ1) is 9.92. The Bertz CT molecular complexity index is 466. The monoisotopic (exact) mass is 227 g/mol. The van der Waals surface area contributed by atoms with Crippen molar-refractivity contribution in [3.05, 3.63) is 40.3 Å². The fourth-order valence-corrected chi connectivity index (χ4v) is 1.43. The Balaban J connectivity index is 2.36. The number of aromatic nitrogens is 2. The molecule has 1 aromatic heterocycles. The molecule has 0 aliphatic rings. The van der Waals surface area contributed by atoms with Crippen LogP contribution in [0.1, 0.15) is 11.3 Å². The third kappa shape index (κ3) is 1.92. The van der Waals surface area contributed by atoms with Gasteiger partial charge in [0, 0.05) is 17.0 Å². The highest BCUT2D eigenvalue weighted by molar-refractivity contribution is 6.31. The summed E-state index contributed by atoms with van der Waals surface area (Å²) in [4.78, 5) is 0. The molecule has 0 fully saturated rings. The number of nitrogen functional groups attached to an aromatic ring is 1. The maximum absolute atomic E-state index is 13.4. The molecule has 0 saturated heterocycles. The summed E-state index contributed by atoms with van der Waals surface area (Å²) >= 11 is 5.84. The summed E-state index contributed by atoms with van der Waals surface area (Å²) in [6, 6.07) is 4.46. The normalized spacial score (nSPS) is 10.5. The molecule has 0 amide bonds. The molecule has 15 heavy (non-hydrogen) atoms. The lowest BCUT2D eigenvalue weighted by atomic mass is 10.1. The van der Waals surface area contributed by atoms with Crippen LogP contribution in [0.25, 0.3) is 0 Å². The summed E-state index contributed by atoms with van der Waals surface area (Å²) in [5, 5.41) is 7.29. The zero-order valence-corrected chi connectivity index (χ0v) is 8.33. The van der Waals surface area contributed by atoms with Gasteiger partial charge in [-0.05, 0) is 17.3 Å². The molecule has 1 heterocycles. The van der Waals surface area contributed by atoms with E-state index in [-0.39, 0.29) is 12.2 Å². The molecule has 0 unspecified atom stereocenters. The number of anilines is 1. The van der Waals surface area contributed by atoms with Gasteiger partial charge in [-0.3, -0.25) is 0 Å². The van der Waals surface area contributed by atoms with Crippen molar-refractivity contribution in [3.63, 3.8) is 0 Å². The van der Waals surface area contributed by atoms with Crippen molar-refractivity contribution < 1.29 is 9.02 Å². The summed E-state index contributed by atoms with van der Waals surface area (Å²) in [5.41, 5.74) is 6.17. The van der Waals surface area contributed by atoms with E-state index in [0.29, 0.717) is 16.3 Å². The SMILES string of the molecule is Nc1nonc1Cc1c(F)cccc1Cl. The zero-order valence-electron chi connectivity index (χ0n) is 7.58. The van der Waals surface area contributed by atoms with Crippen molar-refractivity contribution in [3.8, 4) is 0 Å². The molecular weight excluding hydrogens is 221 g/mol. The smallest absolute Gasteiger partial charge is 0.191 e. The third-order valence-electron chi connectivity index (χ3n) is 1.99. The second-order valence-electron chi connectivity index (χ2n) is 2.97. The van der Waals surface area contributed by atoms with Crippen molar-refractivity contribution >= 4 is 17.4 Å². The molecule has 0 aliphatic heterocycles. The van der Waals surface area contributed by atoms with Gasteiger partial charge in [0.05, 0.1) is 0 Å². The average molecular weight is 228 g/mol. The molecule has 0 saturated carbocycles.